The summed E-state index contributed by atoms with van der Waals surface area (Å²) in [5.74, 6) is -0.187. The molecule has 1 atom stereocenters. The summed E-state index contributed by atoms with van der Waals surface area (Å²) < 4.78 is 18.1. The van der Waals surface area contributed by atoms with Gasteiger partial charge in [-0.05, 0) is 37.6 Å². The first kappa shape index (κ1) is 13.1. The predicted octanol–water partition coefficient (Wildman–Crippen LogP) is 2.38. The summed E-state index contributed by atoms with van der Waals surface area (Å²) in [6.45, 7) is 6.40. The van der Waals surface area contributed by atoms with Gasteiger partial charge in [0.15, 0.2) is 0 Å². The third kappa shape index (κ3) is 4.73. The molecule has 1 N–H and O–H groups in total. The molecule has 1 aromatic rings. The molecule has 0 amide bonds. The summed E-state index contributed by atoms with van der Waals surface area (Å²) in [5.41, 5.74) is 1.13. The molecule has 0 fully saturated rings. The Balaban J connectivity index is 2.49. The van der Waals surface area contributed by atoms with Crippen molar-refractivity contribution >= 4 is 0 Å². The molecule has 90 valence electrons. The van der Waals surface area contributed by atoms with Gasteiger partial charge in [-0.15, -0.1) is 0 Å². The standard InChI is InChI=1S/C13H20FNO/c1-3-15-13(10-16-4-2)9-11-5-7-12(14)8-6-11/h5-8,13,15H,3-4,9-10H2,1-2H3. The zero-order chi connectivity index (χ0) is 11.8. The van der Waals surface area contributed by atoms with Crippen LogP contribution in [0, 0.1) is 5.82 Å². The molecular formula is C13H20FNO. The predicted molar refractivity (Wildman–Crippen MR) is 64.1 cm³/mol. The molecule has 1 aromatic carbocycles. The van der Waals surface area contributed by atoms with Crippen molar-refractivity contribution in [3.63, 3.8) is 0 Å². The van der Waals surface area contributed by atoms with Crippen molar-refractivity contribution in [1.82, 2.24) is 5.32 Å². The fraction of sp³-hybridized carbons (Fsp3) is 0.538. The summed E-state index contributed by atoms with van der Waals surface area (Å²) >= 11 is 0. The molecule has 0 spiro atoms. The van der Waals surface area contributed by atoms with Crippen LogP contribution >= 0.6 is 0 Å². The maximum Gasteiger partial charge on any atom is 0.123 e. The van der Waals surface area contributed by atoms with Crippen molar-refractivity contribution in [2.75, 3.05) is 19.8 Å². The van der Waals surface area contributed by atoms with Crippen LogP contribution in [0.15, 0.2) is 24.3 Å². The highest BCUT2D eigenvalue weighted by Crippen LogP contribution is 2.06. The van der Waals surface area contributed by atoms with E-state index < -0.39 is 0 Å². The highest BCUT2D eigenvalue weighted by molar-refractivity contribution is 5.17. The zero-order valence-electron chi connectivity index (χ0n) is 10.0. The maximum absolute atomic E-state index is 12.7. The van der Waals surface area contributed by atoms with Gasteiger partial charge < -0.3 is 10.1 Å². The Bertz CT molecular complexity index is 286. The van der Waals surface area contributed by atoms with Crippen molar-refractivity contribution in [3.05, 3.63) is 35.6 Å². The van der Waals surface area contributed by atoms with Gasteiger partial charge in [0.2, 0.25) is 0 Å². The number of rotatable bonds is 7. The first-order valence-corrected chi connectivity index (χ1v) is 5.81. The quantitative estimate of drug-likeness (QED) is 0.769. The van der Waals surface area contributed by atoms with Crippen molar-refractivity contribution in [2.24, 2.45) is 0 Å². The van der Waals surface area contributed by atoms with Crippen molar-refractivity contribution < 1.29 is 9.13 Å². The largest absolute Gasteiger partial charge is 0.380 e. The van der Waals surface area contributed by atoms with Gasteiger partial charge in [-0.3, -0.25) is 0 Å². The van der Waals surface area contributed by atoms with E-state index in [0.29, 0.717) is 12.6 Å². The molecule has 0 aliphatic rings. The number of halogens is 1. The fourth-order valence-electron chi connectivity index (χ4n) is 1.64. The minimum absolute atomic E-state index is 0.187. The van der Waals surface area contributed by atoms with Crippen LogP contribution in [0.25, 0.3) is 0 Å². The number of likely N-dealkylation sites (N-methyl/N-ethyl adjacent to an activating group) is 1. The van der Waals surface area contributed by atoms with Crippen LogP contribution in [0.4, 0.5) is 4.39 Å². The molecule has 0 heterocycles. The van der Waals surface area contributed by atoms with Gasteiger partial charge in [0, 0.05) is 12.6 Å². The van der Waals surface area contributed by atoms with Gasteiger partial charge in [0.25, 0.3) is 0 Å². The van der Waals surface area contributed by atoms with Gasteiger partial charge in [-0.2, -0.15) is 0 Å². The molecule has 0 bridgehead atoms. The van der Waals surface area contributed by atoms with Crippen molar-refractivity contribution in [2.45, 2.75) is 26.3 Å². The first-order chi connectivity index (χ1) is 7.76. The maximum atomic E-state index is 12.7. The Morgan fingerprint density at radius 3 is 2.50 bits per heavy atom. The number of hydrogen-bond donors (Lipinski definition) is 1. The lowest BCUT2D eigenvalue weighted by Crippen LogP contribution is -2.35. The van der Waals surface area contributed by atoms with Crippen molar-refractivity contribution in [1.29, 1.82) is 0 Å². The van der Waals surface area contributed by atoms with Crippen LogP contribution in [0.1, 0.15) is 19.4 Å². The van der Waals surface area contributed by atoms with E-state index in [9.17, 15) is 4.39 Å². The summed E-state index contributed by atoms with van der Waals surface area (Å²) in [4.78, 5) is 0. The van der Waals surface area contributed by atoms with E-state index in [-0.39, 0.29) is 5.82 Å². The zero-order valence-corrected chi connectivity index (χ0v) is 10.0. The molecule has 1 unspecified atom stereocenters. The monoisotopic (exact) mass is 225 g/mol. The lowest BCUT2D eigenvalue weighted by Gasteiger charge is -2.17. The van der Waals surface area contributed by atoms with Crippen LogP contribution in [-0.4, -0.2) is 25.8 Å². The molecule has 2 nitrogen and oxygen atoms in total. The van der Waals surface area contributed by atoms with Crippen LogP contribution in [0.2, 0.25) is 0 Å². The minimum Gasteiger partial charge on any atom is -0.380 e. The Labute approximate surface area is 96.8 Å². The molecule has 0 radical (unpaired) electrons. The summed E-state index contributed by atoms with van der Waals surface area (Å²) in [6, 6.07) is 6.95. The van der Waals surface area contributed by atoms with Gasteiger partial charge in [-0.1, -0.05) is 19.1 Å². The van der Waals surface area contributed by atoms with E-state index in [1.165, 1.54) is 12.1 Å². The van der Waals surface area contributed by atoms with Gasteiger partial charge in [0.05, 0.1) is 6.61 Å². The van der Waals surface area contributed by atoms with Crippen LogP contribution in [0.3, 0.4) is 0 Å². The summed E-state index contributed by atoms with van der Waals surface area (Å²) in [7, 11) is 0. The topological polar surface area (TPSA) is 21.3 Å². The number of ether oxygens (including phenoxy) is 1. The molecule has 1 rings (SSSR count). The Morgan fingerprint density at radius 2 is 1.94 bits per heavy atom. The smallest absolute Gasteiger partial charge is 0.123 e. The average molecular weight is 225 g/mol. The molecule has 0 saturated heterocycles. The normalized spacial score (nSPS) is 12.7. The number of benzene rings is 1. The van der Waals surface area contributed by atoms with E-state index in [0.717, 1.165) is 25.1 Å². The molecule has 0 saturated carbocycles. The summed E-state index contributed by atoms with van der Waals surface area (Å²) in [6.07, 6.45) is 0.869. The van der Waals surface area contributed by atoms with Gasteiger partial charge in [-0.25, -0.2) is 4.39 Å². The third-order valence-electron chi connectivity index (χ3n) is 2.41. The van der Waals surface area contributed by atoms with E-state index in [2.05, 4.69) is 12.2 Å². The highest BCUT2D eigenvalue weighted by Gasteiger charge is 2.08. The molecule has 16 heavy (non-hydrogen) atoms. The van der Waals surface area contributed by atoms with E-state index in [1.807, 2.05) is 19.1 Å². The lowest BCUT2D eigenvalue weighted by molar-refractivity contribution is 0.123. The van der Waals surface area contributed by atoms with E-state index >= 15 is 0 Å². The van der Waals surface area contributed by atoms with E-state index in [4.69, 9.17) is 4.74 Å². The van der Waals surface area contributed by atoms with Crippen LogP contribution < -0.4 is 5.32 Å². The highest BCUT2D eigenvalue weighted by atomic mass is 19.1. The second kappa shape index (κ2) is 7.36. The Morgan fingerprint density at radius 1 is 1.25 bits per heavy atom. The van der Waals surface area contributed by atoms with Gasteiger partial charge in [0.1, 0.15) is 5.82 Å². The van der Waals surface area contributed by atoms with Crippen LogP contribution in [-0.2, 0) is 11.2 Å². The first-order valence-electron chi connectivity index (χ1n) is 5.81. The fourth-order valence-corrected chi connectivity index (χ4v) is 1.64. The minimum atomic E-state index is -0.187. The molecule has 0 aliphatic carbocycles. The molecule has 0 aliphatic heterocycles. The van der Waals surface area contributed by atoms with E-state index in [1.54, 1.807) is 0 Å². The van der Waals surface area contributed by atoms with Crippen LogP contribution in [0.5, 0.6) is 0 Å². The summed E-state index contributed by atoms with van der Waals surface area (Å²) in [5, 5.41) is 3.36. The van der Waals surface area contributed by atoms with Crippen molar-refractivity contribution in [3.8, 4) is 0 Å². The third-order valence-corrected chi connectivity index (χ3v) is 2.41. The second-order valence-corrected chi connectivity index (χ2v) is 3.74. The molecular weight excluding hydrogens is 205 g/mol. The average Bonchev–Trinajstić information content (AvgIpc) is 2.29. The Kier molecular flexibility index (Phi) is 6.04. The number of nitrogens with one attached hydrogen (secondary N) is 1. The molecule has 3 heteroatoms. The second-order valence-electron chi connectivity index (χ2n) is 3.74. The number of hydrogen-bond acceptors (Lipinski definition) is 2. The molecule has 0 aromatic heterocycles. The SMILES string of the molecule is CCNC(COCC)Cc1ccc(F)cc1. The lowest BCUT2D eigenvalue weighted by atomic mass is 10.1. The van der Waals surface area contributed by atoms with Gasteiger partial charge >= 0.3 is 0 Å². The Hall–Kier alpha value is -0.930.